The molecule has 0 saturated carbocycles. The van der Waals surface area contributed by atoms with Crippen LogP contribution >= 0.6 is 12.4 Å². The normalized spacial score (nSPS) is 10.0. The van der Waals surface area contributed by atoms with E-state index in [4.69, 9.17) is 5.73 Å². The Balaban J connectivity index is 0.00000220. The van der Waals surface area contributed by atoms with Gasteiger partial charge in [-0.2, -0.15) is 5.10 Å². The molecular weight excluding hydrogens is 295 g/mol. The predicted octanol–water partition coefficient (Wildman–Crippen LogP) is 1.44. The molecule has 3 N–H and O–H groups in total. The number of rotatable bonds is 6. The van der Waals surface area contributed by atoms with E-state index < -0.39 is 0 Å². The molecule has 0 bridgehead atoms. The van der Waals surface area contributed by atoms with Crippen molar-refractivity contribution in [1.82, 2.24) is 15.1 Å². The van der Waals surface area contributed by atoms with Gasteiger partial charge < -0.3 is 11.1 Å². The molecule has 0 radical (unpaired) electrons. The Bertz CT molecular complexity index is 571. The molecule has 0 atom stereocenters. The lowest BCUT2D eigenvalue weighted by atomic mass is 10.3. The highest BCUT2D eigenvalue weighted by atomic mass is 35.5. The number of aromatic nitrogens is 2. The molecule has 0 spiro atoms. The van der Waals surface area contributed by atoms with E-state index in [2.05, 4.69) is 10.4 Å². The summed E-state index contributed by atoms with van der Waals surface area (Å²) in [4.78, 5) is 11.2. The smallest absolute Gasteiger partial charge is 0.221 e. The maximum atomic E-state index is 12.8. The fraction of sp³-hybridized carbons (Fsp3) is 0.286. The van der Waals surface area contributed by atoms with Crippen LogP contribution in [0, 0.1) is 5.82 Å². The predicted molar refractivity (Wildman–Crippen MR) is 81.2 cm³/mol. The number of hydrogen-bond donors (Lipinski definition) is 2. The van der Waals surface area contributed by atoms with Crippen molar-refractivity contribution in [2.45, 2.75) is 12.8 Å². The van der Waals surface area contributed by atoms with Gasteiger partial charge in [0.25, 0.3) is 0 Å². The van der Waals surface area contributed by atoms with Crippen LogP contribution in [0.4, 0.5) is 4.39 Å². The van der Waals surface area contributed by atoms with Gasteiger partial charge in [-0.15, -0.1) is 12.4 Å². The van der Waals surface area contributed by atoms with E-state index in [0.29, 0.717) is 25.9 Å². The van der Waals surface area contributed by atoms with Crippen LogP contribution < -0.4 is 11.1 Å². The van der Waals surface area contributed by atoms with E-state index >= 15 is 0 Å². The molecule has 1 aromatic heterocycles. The molecule has 1 amide bonds. The molecule has 1 aromatic carbocycles. The molecule has 0 saturated heterocycles. The highest BCUT2D eigenvalue weighted by molar-refractivity contribution is 5.85. The zero-order valence-electron chi connectivity index (χ0n) is 11.5. The Morgan fingerprint density at radius 1 is 1.29 bits per heavy atom. The number of nitrogens with one attached hydrogen (secondary N) is 1. The van der Waals surface area contributed by atoms with Crippen molar-refractivity contribution in [3.8, 4) is 5.69 Å². The van der Waals surface area contributed by atoms with E-state index in [1.165, 1.54) is 12.1 Å². The molecular formula is C14H18ClFN4O. The molecule has 0 aliphatic rings. The van der Waals surface area contributed by atoms with Gasteiger partial charge in [-0.25, -0.2) is 9.07 Å². The first kappa shape index (κ1) is 17.1. The second-order valence-corrected chi connectivity index (χ2v) is 4.37. The summed E-state index contributed by atoms with van der Waals surface area (Å²) in [6, 6.07) is 7.98. The van der Waals surface area contributed by atoms with Crippen molar-refractivity contribution in [1.29, 1.82) is 0 Å². The molecule has 0 fully saturated rings. The summed E-state index contributed by atoms with van der Waals surface area (Å²) in [7, 11) is 0. The second-order valence-electron chi connectivity index (χ2n) is 4.37. The molecule has 0 aliphatic carbocycles. The first-order chi connectivity index (χ1) is 9.69. The van der Waals surface area contributed by atoms with Crippen LogP contribution in [0.5, 0.6) is 0 Å². The van der Waals surface area contributed by atoms with E-state index in [0.717, 1.165) is 11.4 Å². The van der Waals surface area contributed by atoms with Gasteiger partial charge >= 0.3 is 0 Å². The van der Waals surface area contributed by atoms with Crippen LogP contribution in [-0.4, -0.2) is 28.8 Å². The molecule has 7 heteroatoms. The molecule has 21 heavy (non-hydrogen) atoms. The maximum absolute atomic E-state index is 12.8. The Morgan fingerprint density at radius 2 is 2.00 bits per heavy atom. The van der Waals surface area contributed by atoms with Crippen molar-refractivity contribution in [3.63, 3.8) is 0 Å². The zero-order valence-corrected chi connectivity index (χ0v) is 12.3. The highest BCUT2D eigenvalue weighted by Crippen LogP contribution is 2.09. The number of nitrogens with two attached hydrogens (primary N) is 1. The summed E-state index contributed by atoms with van der Waals surface area (Å²) in [5.41, 5.74) is 6.95. The van der Waals surface area contributed by atoms with Gasteiger partial charge in [0.05, 0.1) is 11.4 Å². The third kappa shape index (κ3) is 5.17. The number of nitrogens with zero attached hydrogens (tertiary/aromatic N) is 2. The number of hydrogen-bond acceptors (Lipinski definition) is 3. The van der Waals surface area contributed by atoms with Gasteiger partial charge in [-0.3, -0.25) is 4.79 Å². The molecule has 0 aliphatic heterocycles. The fourth-order valence-corrected chi connectivity index (χ4v) is 1.78. The molecule has 5 nitrogen and oxygen atoms in total. The monoisotopic (exact) mass is 312 g/mol. The lowest BCUT2D eigenvalue weighted by Crippen LogP contribution is -2.27. The van der Waals surface area contributed by atoms with Gasteiger partial charge in [0.15, 0.2) is 0 Å². The first-order valence-corrected chi connectivity index (χ1v) is 6.46. The summed E-state index contributed by atoms with van der Waals surface area (Å²) >= 11 is 0. The number of amides is 1. The quantitative estimate of drug-likeness (QED) is 0.847. The van der Waals surface area contributed by atoms with E-state index in [1.807, 2.05) is 12.3 Å². The summed E-state index contributed by atoms with van der Waals surface area (Å²) in [6.07, 6.45) is 2.79. The number of carbonyl (C=O) groups is 1. The summed E-state index contributed by atoms with van der Waals surface area (Å²) < 4.78 is 14.5. The zero-order chi connectivity index (χ0) is 14.4. The number of benzene rings is 1. The molecule has 1 heterocycles. The average Bonchev–Trinajstić information content (AvgIpc) is 2.89. The van der Waals surface area contributed by atoms with Gasteiger partial charge in [0.1, 0.15) is 5.82 Å². The molecule has 2 rings (SSSR count). The van der Waals surface area contributed by atoms with Crippen LogP contribution in [-0.2, 0) is 11.2 Å². The van der Waals surface area contributed by atoms with Crippen molar-refractivity contribution in [3.05, 3.63) is 48.0 Å². The minimum Gasteiger partial charge on any atom is -0.356 e. The molecule has 0 unspecified atom stereocenters. The minimum absolute atomic E-state index is 0. The lowest BCUT2D eigenvalue weighted by Gasteiger charge is -2.03. The third-order valence-corrected chi connectivity index (χ3v) is 2.81. The standard InChI is InChI=1S/C14H17FN4O.ClH/c15-11-1-3-13(4-2-11)19-10-7-12(18-19)6-9-17-14(20)5-8-16;/h1-4,7,10H,5-6,8-9,16H2,(H,17,20);1H. The number of halogens is 2. The Hall–Kier alpha value is -1.92. The summed E-state index contributed by atoms with van der Waals surface area (Å²) in [5.74, 6) is -0.325. The number of carbonyl (C=O) groups excluding carboxylic acids is 1. The SMILES string of the molecule is Cl.NCCC(=O)NCCc1ccn(-c2ccc(F)cc2)n1. The molecule has 114 valence electrons. The van der Waals surface area contributed by atoms with Crippen LogP contribution in [0.25, 0.3) is 5.69 Å². The van der Waals surface area contributed by atoms with E-state index in [1.54, 1.807) is 16.8 Å². The first-order valence-electron chi connectivity index (χ1n) is 6.46. The van der Waals surface area contributed by atoms with Gasteiger partial charge in [0.2, 0.25) is 5.91 Å². The Morgan fingerprint density at radius 3 is 2.67 bits per heavy atom. The highest BCUT2D eigenvalue weighted by Gasteiger charge is 2.03. The van der Waals surface area contributed by atoms with Gasteiger partial charge in [-0.05, 0) is 30.3 Å². The van der Waals surface area contributed by atoms with Crippen LogP contribution in [0.1, 0.15) is 12.1 Å². The summed E-state index contributed by atoms with van der Waals surface area (Å²) in [5, 5.41) is 7.14. The van der Waals surface area contributed by atoms with Gasteiger partial charge in [-0.1, -0.05) is 0 Å². The van der Waals surface area contributed by atoms with Crippen molar-refractivity contribution in [2.75, 3.05) is 13.1 Å². The average molecular weight is 313 g/mol. The Labute approximate surface area is 128 Å². The Kier molecular flexibility index (Phi) is 6.84. The largest absolute Gasteiger partial charge is 0.356 e. The molecule has 2 aromatic rings. The van der Waals surface area contributed by atoms with Crippen molar-refractivity contribution in [2.24, 2.45) is 5.73 Å². The maximum Gasteiger partial charge on any atom is 0.221 e. The van der Waals surface area contributed by atoms with E-state index in [9.17, 15) is 9.18 Å². The third-order valence-electron chi connectivity index (χ3n) is 2.81. The van der Waals surface area contributed by atoms with Crippen LogP contribution in [0.15, 0.2) is 36.5 Å². The topological polar surface area (TPSA) is 72.9 Å². The van der Waals surface area contributed by atoms with Crippen molar-refractivity contribution < 1.29 is 9.18 Å². The summed E-state index contributed by atoms with van der Waals surface area (Å²) in [6.45, 7) is 0.879. The fourth-order valence-electron chi connectivity index (χ4n) is 1.78. The van der Waals surface area contributed by atoms with Crippen LogP contribution in [0.2, 0.25) is 0 Å². The minimum atomic E-state index is -0.274. The van der Waals surface area contributed by atoms with Gasteiger partial charge in [0, 0.05) is 32.1 Å². The van der Waals surface area contributed by atoms with E-state index in [-0.39, 0.29) is 24.1 Å². The second kappa shape index (κ2) is 8.39. The van der Waals surface area contributed by atoms with Crippen LogP contribution in [0.3, 0.4) is 0 Å². The lowest BCUT2D eigenvalue weighted by molar-refractivity contribution is -0.120. The van der Waals surface area contributed by atoms with Crippen molar-refractivity contribution >= 4 is 18.3 Å².